The largest absolute Gasteiger partial charge is 0.348 e. The van der Waals surface area contributed by atoms with Crippen LogP contribution in [0.25, 0.3) is 0 Å². The van der Waals surface area contributed by atoms with E-state index in [0.717, 1.165) is 35.7 Å². The lowest BCUT2D eigenvalue weighted by Crippen LogP contribution is -2.46. The zero-order valence-electron chi connectivity index (χ0n) is 10.3. The first kappa shape index (κ1) is 11.8. The van der Waals surface area contributed by atoms with E-state index in [4.69, 9.17) is 11.6 Å². The maximum atomic E-state index is 6.25. The van der Waals surface area contributed by atoms with E-state index in [0.29, 0.717) is 0 Å². The Morgan fingerprint density at radius 1 is 1.39 bits per heavy atom. The first-order chi connectivity index (χ1) is 8.69. The number of nitrogens with one attached hydrogen (secondary N) is 2. The van der Waals surface area contributed by atoms with Crippen LogP contribution in [-0.4, -0.2) is 16.5 Å². The summed E-state index contributed by atoms with van der Waals surface area (Å²) in [5, 5.41) is 4.39. The predicted octanol–water partition coefficient (Wildman–Crippen LogP) is 2.67. The molecular formula is C14H16ClN3. The van der Waals surface area contributed by atoms with Gasteiger partial charge in [-0.25, -0.2) is 4.98 Å². The van der Waals surface area contributed by atoms with Gasteiger partial charge < -0.3 is 10.3 Å². The Morgan fingerprint density at radius 2 is 2.22 bits per heavy atom. The highest BCUT2D eigenvalue weighted by Crippen LogP contribution is 2.31. The maximum absolute atomic E-state index is 6.25. The number of benzene rings is 1. The Morgan fingerprint density at radius 3 is 3.06 bits per heavy atom. The van der Waals surface area contributed by atoms with E-state index < -0.39 is 0 Å². The molecule has 1 aliphatic rings. The molecule has 1 aromatic carbocycles. The van der Waals surface area contributed by atoms with E-state index in [1.165, 1.54) is 5.69 Å². The molecule has 2 aromatic rings. The van der Waals surface area contributed by atoms with Crippen molar-refractivity contribution in [2.24, 2.45) is 0 Å². The summed E-state index contributed by atoms with van der Waals surface area (Å²) in [4.78, 5) is 7.70. The molecule has 1 aromatic heterocycles. The summed E-state index contributed by atoms with van der Waals surface area (Å²) in [6, 6.07) is 8.01. The molecule has 0 amide bonds. The van der Waals surface area contributed by atoms with Crippen molar-refractivity contribution in [2.45, 2.75) is 25.3 Å². The second kappa shape index (κ2) is 4.41. The molecule has 0 saturated heterocycles. The highest BCUT2D eigenvalue weighted by atomic mass is 35.5. The van der Waals surface area contributed by atoms with Crippen molar-refractivity contribution in [3.63, 3.8) is 0 Å². The Balaban J connectivity index is 1.96. The third-order valence-corrected chi connectivity index (χ3v) is 4.00. The number of halogens is 1. The summed E-state index contributed by atoms with van der Waals surface area (Å²) in [7, 11) is 0. The SMILES string of the molecule is CC1(Cc2ccccc2Cl)NCCc2[nH]cnc21. The summed E-state index contributed by atoms with van der Waals surface area (Å²) >= 11 is 6.25. The lowest BCUT2D eigenvalue weighted by molar-refractivity contribution is 0.335. The average Bonchev–Trinajstić information content (AvgIpc) is 2.82. The highest BCUT2D eigenvalue weighted by Gasteiger charge is 2.34. The maximum Gasteiger partial charge on any atom is 0.0926 e. The second-order valence-corrected chi connectivity index (χ2v) is 5.41. The van der Waals surface area contributed by atoms with Gasteiger partial charge in [0.15, 0.2) is 0 Å². The fraction of sp³-hybridized carbons (Fsp3) is 0.357. The number of hydrogen-bond donors (Lipinski definition) is 2. The topological polar surface area (TPSA) is 40.7 Å². The minimum absolute atomic E-state index is 0.140. The van der Waals surface area contributed by atoms with Crippen LogP contribution in [0, 0.1) is 0 Å². The van der Waals surface area contributed by atoms with E-state index in [1.54, 1.807) is 6.33 Å². The van der Waals surface area contributed by atoms with Gasteiger partial charge in [-0.3, -0.25) is 0 Å². The zero-order chi connectivity index (χ0) is 12.6. The fourth-order valence-corrected chi connectivity index (χ4v) is 2.91. The second-order valence-electron chi connectivity index (χ2n) is 5.01. The molecule has 4 heteroatoms. The number of H-pyrrole nitrogens is 1. The number of rotatable bonds is 2. The molecule has 0 fully saturated rings. The first-order valence-electron chi connectivity index (χ1n) is 6.20. The molecule has 94 valence electrons. The van der Waals surface area contributed by atoms with Gasteiger partial charge in [0.1, 0.15) is 0 Å². The lowest BCUT2D eigenvalue weighted by atomic mass is 9.85. The van der Waals surface area contributed by atoms with Crippen molar-refractivity contribution >= 4 is 11.6 Å². The van der Waals surface area contributed by atoms with Crippen LogP contribution in [0.2, 0.25) is 5.02 Å². The van der Waals surface area contributed by atoms with Crippen molar-refractivity contribution in [3.05, 3.63) is 52.6 Å². The molecule has 1 aliphatic heterocycles. The van der Waals surface area contributed by atoms with Gasteiger partial charge in [0.05, 0.1) is 17.6 Å². The van der Waals surface area contributed by atoms with E-state index >= 15 is 0 Å². The van der Waals surface area contributed by atoms with Crippen LogP contribution in [0.1, 0.15) is 23.9 Å². The van der Waals surface area contributed by atoms with Crippen molar-refractivity contribution in [2.75, 3.05) is 6.54 Å². The smallest absolute Gasteiger partial charge is 0.0926 e. The van der Waals surface area contributed by atoms with Gasteiger partial charge in [0, 0.05) is 23.7 Å². The Kier molecular flexibility index (Phi) is 2.88. The summed E-state index contributed by atoms with van der Waals surface area (Å²) in [5.41, 5.74) is 3.38. The minimum Gasteiger partial charge on any atom is -0.348 e. The van der Waals surface area contributed by atoms with Gasteiger partial charge in [-0.15, -0.1) is 0 Å². The van der Waals surface area contributed by atoms with E-state index in [1.807, 2.05) is 18.2 Å². The molecule has 0 saturated carbocycles. The van der Waals surface area contributed by atoms with Gasteiger partial charge in [-0.05, 0) is 25.0 Å². The van der Waals surface area contributed by atoms with Gasteiger partial charge in [0.25, 0.3) is 0 Å². The summed E-state index contributed by atoms with van der Waals surface area (Å²) in [6.07, 6.45) is 3.64. The molecule has 18 heavy (non-hydrogen) atoms. The monoisotopic (exact) mass is 261 g/mol. The molecule has 2 N–H and O–H groups in total. The van der Waals surface area contributed by atoms with Crippen LogP contribution in [0.3, 0.4) is 0 Å². The summed E-state index contributed by atoms with van der Waals surface area (Å²) < 4.78 is 0. The van der Waals surface area contributed by atoms with Gasteiger partial charge in [-0.1, -0.05) is 29.8 Å². The van der Waals surface area contributed by atoms with Crippen LogP contribution >= 0.6 is 11.6 Å². The van der Waals surface area contributed by atoms with Crippen LogP contribution in [0.5, 0.6) is 0 Å². The van der Waals surface area contributed by atoms with E-state index in [2.05, 4.69) is 28.3 Å². The minimum atomic E-state index is -0.140. The first-order valence-corrected chi connectivity index (χ1v) is 6.58. The predicted molar refractivity (Wildman–Crippen MR) is 72.8 cm³/mol. The molecule has 0 spiro atoms. The lowest BCUT2D eigenvalue weighted by Gasteiger charge is -2.34. The van der Waals surface area contributed by atoms with Crippen LogP contribution in [0.15, 0.2) is 30.6 Å². The molecule has 0 radical (unpaired) electrons. The zero-order valence-corrected chi connectivity index (χ0v) is 11.1. The molecule has 1 atom stereocenters. The number of imidazole rings is 1. The van der Waals surface area contributed by atoms with Crippen LogP contribution in [0.4, 0.5) is 0 Å². The fourth-order valence-electron chi connectivity index (χ4n) is 2.70. The molecule has 0 bridgehead atoms. The Bertz CT molecular complexity index is 564. The number of aromatic amines is 1. The molecule has 3 nitrogen and oxygen atoms in total. The quantitative estimate of drug-likeness (QED) is 0.873. The van der Waals surface area contributed by atoms with Crippen molar-refractivity contribution < 1.29 is 0 Å². The number of aromatic nitrogens is 2. The molecular weight excluding hydrogens is 246 g/mol. The number of hydrogen-bond acceptors (Lipinski definition) is 2. The van der Waals surface area contributed by atoms with Crippen molar-refractivity contribution in [1.82, 2.24) is 15.3 Å². The van der Waals surface area contributed by atoms with Gasteiger partial charge >= 0.3 is 0 Å². The van der Waals surface area contributed by atoms with Crippen LogP contribution in [-0.2, 0) is 18.4 Å². The van der Waals surface area contributed by atoms with Gasteiger partial charge in [0.2, 0.25) is 0 Å². The third kappa shape index (κ3) is 1.93. The van der Waals surface area contributed by atoms with Crippen LogP contribution < -0.4 is 5.32 Å². The number of nitrogens with zero attached hydrogens (tertiary/aromatic N) is 1. The standard InChI is InChI=1S/C14H16ClN3/c1-14(8-10-4-2-3-5-11(10)15)13-12(6-7-18-14)16-9-17-13/h2-5,9,18H,6-8H2,1H3,(H,16,17). The van der Waals surface area contributed by atoms with Crippen molar-refractivity contribution in [1.29, 1.82) is 0 Å². The molecule has 1 unspecified atom stereocenters. The van der Waals surface area contributed by atoms with E-state index in [9.17, 15) is 0 Å². The Labute approximate surface area is 112 Å². The average molecular weight is 262 g/mol. The summed E-state index contributed by atoms with van der Waals surface area (Å²) in [6.45, 7) is 3.16. The highest BCUT2D eigenvalue weighted by molar-refractivity contribution is 6.31. The van der Waals surface area contributed by atoms with E-state index in [-0.39, 0.29) is 5.54 Å². The molecule has 3 rings (SSSR count). The summed E-state index contributed by atoms with van der Waals surface area (Å²) in [5.74, 6) is 0. The molecule has 2 heterocycles. The normalized spacial score (nSPS) is 22.8. The molecule has 0 aliphatic carbocycles. The third-order valence-electron chi connectivity index (χ3n) is 3.63. The number of fused-ring (bicyclic) bond motifs is 1. The van der Waals surface area contributed by atoms with Crippen molar-refractivity contribution in [3.8, 4) is 0 Å². The van der Waals surface area contributed by atoms with Gasteiger partial charge in [-0.2, -0.15) is 0 Å². The Hall–Kier alpha value is -1.32.